The van der Waals surface area contributed by atoms with E-state index < -0.39 is 0 Å². The Bertz CT molecular complexity index is 222. The third-order valence-corrected chi connectivity index (χ3v) is 2.76. The van der Waals surface area contributed by atoms with Crippen molar-refractivity contribution in [1.29, 1.82) is 0 Å². The maximum atomic E-state index is 3.70. The highest BCUT2D eigenvalue weighted by atomic mass is 14.0. The van der Waals surface area contributed by atoms with Crippen LogP contribution in [0.3, 0.4) is 0 Å². The second-order valence-corrected chi connectivity index (χ2v) is 5.25. The predicted octanol–water partition coefficient (Wildman–Crippen LogP) is 7.89. The van der Waals surface area contributed by atoms with Gasteiger partial charge in [0.2, 0.25) is 0 Å². The summed E-state index contributed by atoms with van der Waals surface area (Å²) in [6.45, 7) is 19.6. The first-order valence-corrected chi connectivity index (χ1v) is 8.61. The number of allylic oxidation sites excluding steroid dienone is 5. The van der Waals surface area contributed by atoms with Gasteiger partial charge >= 0.3 is 0 Å². The molecule has 1 unspecified atom stereocenters. The molecule has 0 aliphatic rings. The van der Waals surface area contributed by atoms with Gasteiger partial charge in [0.1, 0.15) is 0 Å². The average molecular weight is 293 g/mol. The van der Waals surface area contributed by atoms with Gasteiger partial charge in [0.05, 0.1) is 0 Å². The molecule has 0 amide bonds. The molecule has 0 aromatic carbocycles. The Morgan fingerprint density at radius 3 is 1.67 bits per heavy atom. The van der Waals surface area contributed by atoms with Crippen molar-refractivity contribution < 1.29 is 0 Å². The van der Waals surface area contributed by atoms with E-state index in [4.69, 9.17) is 0 Å². The summed E-state index contributed by atoms with van der Waals surface area (Å²) in [5.41, 5.74) is 0. The SMILES string of the molecule is C=CCC(C)CC=CCC.C=CCCC.C=CCCCC. The fourth-order valence-electron chi connectivity index (χ4n) is 1.43. The number of rotatable bonds is 10. The van der Waals surface area contributed by atoms with Gasteiger partial charge in [-0.3, -0.25) is 0 Å². The fourth-order valence-corrected chi connectivity index (χ4v) is 1.43. The lowest BCUT2D eigenvalue weighted by Gasteiger charge is -2.02. The summed E-state index contributed by atoms with van der Waals surface area (Å²) in [7, 11) is 0. The fraction of sp³-hybridized carbons (Fsp3) is 0.619. The van der Waals surface area contributed by atoms with Crippen LogP contribution in [0.15, 0.2) is 50.1 Å². The van der Waals surface area contributed by atoms with Gasteiger partial charge in [0.15, 0.2) is 0 Å². The van der Waals surface area contributed by atoms with E-state index in [0.717, 1.165) is 25.2 Å². The largest absolute Gasteiger partial charge is 0.103 e. The monoisotopic (exact) mass is 292 g/mol. The Kier molecular flexibility index (Phi) is 32.5. The van der Waals surface area contributed by atoms with E-state index in [-0.39, 0.29) is 0 Å². The second-order valence-electron chi connectivity index (χ2n) is 5.25. The van der Waals surface area contributed by atoms with Gasteiger partial charge in [0.25, 0.3) is 0 Å². The molecule has 0 aromatic rings. The van der Waals surface area contributed by atoms with Gasteiger partial charge in [-0.2, -0.15) is 0 Å². The van der Waals surface area contributed by atoms with Crippen molar-refractivity contribution in [3.05, 3.63) is 50.1 Å². The molecule has 0 heterocycles. The van der Waals surface area contributed by atoms with Crippen molar-refractivity contribution in [3.63, 3.8) is 0 Å². The van der Waals surface area contributed by atoms with E-state index >= 15 is 0 Å². The Balaban J connectivity index is -0.000000252. The quantitative estimate of drug-likeness (QED) is 0.283. The van der Waals surface area contributed by atoms with Crippen molar-refractivity contribution in [1.82, 2.24) is 0 Å². The molecule has 0 aliphatic heterocycles. The number of unbranched alkanes of at least 4 members (excludes halogenated alkanes) is 3. The van der Waals surface area contributed by atoms with Gasteiger partial charge < -0.3 is 0 Å². The summed E-state index contributed by atoms with van der Waals surface area (Å²) < 4.78 is 0. The molecule has 1 atom stereocenters. The van der Waals surface area contributed by atoms with E-state index in [2.05, 4.69) is 59.6 Å². The Labute approximate surface area is 135 Å². The Morgan fingerprint density at radius 1 is 0.762 bits per heavy atom. The van der Waals surface area contributed by atoms with Crippen LogP contribution >= 0.6 is 0 Å². The molecule has 0 saturated carbocycles. The van der Waals surface area contributed by atoms with Crippen molar-refractivity contribution in [3.8, 4) is 0 Å². The molecular weight excluding hydrogens is 252 g/mol. The maximum Gasteiger partial charge on any atom is -0.0322 e. The zero-order valence-corrected chi connectivity index (χ0v) is 15.2. The third kappa shape index (κ3) is 38.1. The number of hydrogen-bond donors (Lipinski definition) is 0. The first kappa shape index (κ1) is 24.9. The molecule has 0 rings (SSSR count). The van der Waals surface area contributed by atoms with E-state index in [0.29, 0.717) is 0 Å². The van der Waals surface area contributed by atoms with Crippen molar-refractivity contribution in [2.24, 2.45) is 5.92 Å². The minimum atomic E-state index is 0.764. The van der Waals surface area contributed by atoms with Crippen LogP contribution in [0.25, 0.3) is 0 Å². The van der Waals surface area contributed by atoms with Crippen molar-refractivity contribution in [2.45, 2.75) is 79.1 Å². The predicted molar refractivity (Wildman–Crippen MR) is 103 cm³/mol. The van der Waals surface area contributed by atoms with Crippen LogP contribution in [0.1, 0.15) is 79.1 Å². The molecule has 0 nitrogen and oxygen atoms in total. The Morgan fingerprint density at radius 2 is 1.38 bits per heavy atom. The summed E-state index contributed by atoms with van der Waals surface area (Å²) in [5, 5.41) is 0. The topological polar surface area (TPSA) is 0 Å². The van der Waals surface area contributed by atoms with Gasteiger partial charge in [-0.1, -0.05) is 77.3 Å². The molecule has 0 saturated heterocycles. The summed E-state index contributed by atoms with van der Waals surface area (Å²) >= 11 is 0. The van der Waals surface area contributed by atoms with Crippen LogP contribution in [0.4, 0.5) is 0 Å². The highest BCUT2D eigenvalue weighted by Gasteiger charge is 1.93. The molecule has 0 aliphatic carbocycles. The van der Waals surface area contributed by atoms with Crippen molar-refractivity contribution in [2.75, 3.05) is 0 Å². The molecule has 21 heavy (non-hydrogen) atoms. The summed E-state index contributed by atoms with van der Waals surface area (Å²) in [6.07, 6.45) is 20.0. The smallest absolute Gasteiger partial charge is 0.0322 e. The minimum absolute atomic E-state index is 0.764. The molecular formula is C21H40. The van der Waals surface area contributed by atoms with Crippen LogP contribution < -0.4 is 0 Å². The molecule has 0 N–H and O–H groups in total. The van der Waals surface area contributed by atoms with E-state index in [1.54, 1.807) is 0 Å². The molecule has 0 radical (unpaired) electrons. The minimum Gasteiger partial charge on any atom is -0.103 e. The van der Waals surface area contributed by atoms with Crippen LogP contribution in [0.2, 0.25) is 0 Å². The van der Waals surface area contributed by atoms with Crippen LogP contribution in [0.5, 0.6) is 0 Å². The van der Waals surface area contributed by atoms with Gasteiger partial charge in [-0.05, 0) is 38.0 Å². The first-order chi connectivity index (χ1) is 10.1. The maximum absolute atomic E-state index is 3.70. The summed E-state index contributed by atoms with van der Waals surface area (Å²) in [5.74, 6) is 0.764. The molecule has 0 fully saturated rings. The van der Waals surface area contributed by atoms with Crippen molar-refractivity contribution >= 4 is 0 Å². The lowest BCUT2D eigenvalue weighted by molar-refractivity contribution is 0.603. The lowest BCUT2D eigenvalue weighted by Crippen LogP contribution is -1.88. The van der Waals surface area contributed by atoms with E-state index in [1.807, 2.05) is 18.2 Å². The molecule has 0 spiro atoms. The van der Waals surface area contributed by atoms with Gasteiger partial charge in [-0.15, -0.1) is 19.7 Å². The highest BCUT2D eigenvalue weighted by molar-refractivity contribution is 4.83. The van der Waals surface area contributed by atoms with Crippen LogP contribution in [-0.2, 0) is 0 Å². The second kappa shape index (κ2) is 27.3. The average Bonchev–Trinajstić information content (AvgIpc) is 2.48. The van der Waals surface area contributed by atoms with Gasteiger partial charge in [0, 0.05) is 0 Å². The number of hydrogen-bond acceptors (Lipinski definition) is 0. The highest BCUT2D eigenvalue weighted by Crippen LogP contribution is 2.08. The van der Waals surface area contributed by atoms with Gasteiger partial charge in [-0.25, -0.2) is 0 Å². The normalized spacial score (nSPS) is 10.7. The zero-order valence-electron chi connectivity index (χ0n) is 15.2. The first-order valence-electron chi connectivity index (χ1n) is 8.61. The Hall–Kier alpha value is -1.04. The van der Waals surface area contributed by atoms with Crippen LogP contribution in [-0.4, -0.2) is 0 Å². The summed E-state index contributed by atoms with van der Waals surface area (Å²) in [6, 6.07) is 0. The third-order valence-electron chi connectivity index (χ3n) is 2.76. The molecule has 0 aromatic heterocycles. The summed E-state index contributed by atoms with van der Waals surface area (Å²) in [4.78, 5) is 0. The standard InChI is InChI=1S/C10H18.C6H12.C5H10/c1-4-6-7-9-10(3)8-5-2;1-3-5-6-4-2;1-3-5-4-2/h5-7,10H,2,4,8-9H2,1,3H3;3H,1,4-6H2,2H3;3H,1,4-5H2,2H3. The zero-order chi connectivity index (χ0) is 16.8. The van der Waals surface area contributed by atoms with E-state index in [1.165, 1.54) is 32.1 Å². The van der Waals surface area contributed by atoms with Crippen LogP contribution in [0, 0.1) is 5.92 Å². The lowest BCUT2D eigenvalue weighted by atomic mass is 10.0. The van der Waals surface area contributed by atoms with E-state index in [9.17, 15) is 0 Å². The molecule has 0 bridgehead atoms. The molecule has 124 valence electrons. The molecule has 0 heteroatoms.